The van der Waals surface area contributed by atoms with E-state index >= 15 is 0 Å². The maximum absolute atomic E-state index is 12.7. The van der Waals surface area contributed by atoms with Gasteiger partial charge in [-0.1, -0.05) is 12.1 Å². The van der Waals surface area contributed by atoms with Crippen LogP contribution in [-0.2, 0) is 4.74 Å². The smallest absolute Gasteiger partial charge is 0.123 e. The van der Waals surface area contributed by atoms with E-state index in [1.54, 1.807) is 12.1 Å². The van der Waals surface area contributed by atoms with E-state index in [2.05, 4.69) is 0 Å². The summed E-state index contributed by atoms with van der Waals surface area (Å²) in [4.78, 5) is 0. The van der Waals surface area contributed by atoms with Crippen LogP contribution in [0.3, 0.4) is 0 Å². The molecule has 2 N–H and O–H groups in total. The highest BCUT2D eigenvalue weighted by Crippen LogP contribution is 2.26. The minimum absolute atomic E-state index is 0.0362. The molecule has 2 nitrogen and oxygen atoms in total. The lowest BCUT2D eigenvalue weighted by molar-refractivity contribution is 0.0447. The highest BCUT2D eigenvalue weighted by atomic mass is 19.1. The van der Waals surface area contributed by atoms with Gasteiger partial charge >= 0.3 is 0 Å². The van der Waals surface area contributed by atoms with Crippen molar-refractivity contribution in [2.75, 3.05) is 13.2 Å². The molecule has 2 rings (SSSR count). The normalized spacial score (nSPS) is 23.7. The van der Waals surface area contributed by atoms with Crippen LogP contribution >= 0.6 is 0 Å². The molecule has 1 heterocycles. The molecule has 1 saturated heterocycles. The topological polar surface area (TPSA) is 35.2 Å². The SMILES string of the molecule is NC(c1ccc(F)cc1)C1CCCOC1. The van der Waals surface area contributed by atoms with Crippen LogP contribution in [0.4, 0.5) is 4.39 Å². The van der Waals surface area contributed by atoms with Gasteiger partial charge in [-0.2, -0.15) is 0 Å². The fraction of sp³-hybridized carbons (Fsp3) is 0.500. The summed E-state index contributed by atoms with van der Waals surface area (Å²) in [5.74, 6) is 0.148. The second kappa shape index (κ2) is 4.73. The van der Waals surface area contributed by atoms with Crippen molar-refractivity contribution in [3.8, 4) is 0 Å². The number of rotatable bonds is 2. The van der Waals surface area contributed by atoms with Crippen LogP contribution in [-0.4, -0.2) is 13.2 Å². The average molecular weight is 209 g/mol. The zero-order valence-electron chi connectivity index (χ0n) is 8.66. The number of benzene rings is 1. The quantitative estimate of drug-likeness (QED) is 0.810. The van der Waals surface area contributed by atoms with Gasteiger partial charge < -0.3 is 10.5 Å². The molecule has 1 aromatic carbocycles. The van der Waals surface area contributed by atoms with E-state index in [1.807, 2.05) is 0 Å². The Hall–Kier alpha value is -0.930. The molecule has 0 saturated carbocycles. The van der Waals surface area contributed by atoms with Crippen LogP contribution in [0.2, 0.25) is 0 Å². The fourth-order valence-electron chi connectivity index (χ4n) is 2.01. The third-order valence-corrected chi connectivity index (χ3v) is 2.96. The summed E-state index contributed by atoms with van der Waals surface area (Å²) in [6.07, 6.45) is 2.16. The van der Waals surface area contributed by atoms with Gasteiger partial charge in [0.25, 0.3) is 0 Å². The molecule has 1 aliphatic rings. The number of nitrogens with two attached hydrogens (primary N) is 1. The van der Waals surface area contributed by atoms with Gasteiger partial charge in [0.15, 0.2) is 0 Å². The molecule has 0 aliphatic carbocycles. The Morgan fingerprint density at radius 3 is 2.67 bits per heavy atom. The van der Waals surface area contributed by atoms with Crippen molar-refractivity contribution in [1.82, 2.24) is 0 Å². The molecule has 0 spiro atoms. The van der Waals surface area contributed by atoms with E-state index in [4.69, 9.17) is 10.5 Å². The van der Waals surface area contributed by atoms with Crippen LogP contribution in [0.5, 0.6) is 0 Å². The summed E-state index contributed by atoms with van der Waals surface area (Å²) in [5, 5.41) is 0. The summed E-state index contributed by atoms with van der Waals surface area (Å²) in [6, 6.07) is 6.40. The van der Waals surface area contributed by atoms with Gasteiger partial charge in [0.2, 0.25) is 0 Å². The van der Waals surface area contributed by atoms with E-state index < -0.39 is 0 Å². The van der Waals surface area contributed by atoms with E-state index in [1.165, 1.54) is 12.1 Å². The van der Waals surface area contributed by atoms with Crippen molar-refractivity contribution < 1.29 is 9.13 Å². The lowest BCUT2D eigenvalue weighted by Crippen LogP contribution is -2.28. The summed E-state index contributed by atoms with van der Waals surface area (Å²) in [5.41, 5.74) is 7.11. The summed E-state index contributed by atoms with van der Waals surface area (Å²) in [7, 11) is 0. The third-order valence-electron chi connectivity index (χ3n) is 2.96. The van der Waals surface area contributed by atoms with Crippen LogP contribution in [0.25, 0.3) is 0 Å². The van der Waals surface area contributed by atoms with Crippen molar-refractivity contribution in [2.24, 2.45) is 11.7 Å². The Labute approximate surface area is 89.2 Å². The molecule has 1 aromatic rings. The van der Waals surface area contributed by atoms with Crippen molar-refractivity contribution in [1.29, 1.82) is 0 Å². The van der Waals surface area contributed by atoms with Gasteiger partial charge in [0.1, 0.15) is 5.82 Å². The van der Waals surface area contributed by atoms with Crippen molar-refractivity contribution >= 4 is 0 Å². The summed E-state index contributed by atoms with van der Waals surface area (Å²) < 4.78 is 18.1. The van der Waals surface area contributed by atoms with Gasteiger partial charge in [0, 0.05) is 18.6 Å². The molecule has 3 heteroatoms. The van der Waals surface area contributed by atoms with Gasteiger partial charge in [-0.15, -0.1) is 0 Å². The number of halogens is 1. The molecule has 1 aliphatic heterocycles. The van der Waals surface area contributed by atoms with Crippen LogP contribution in [0.15, 0.2) is 24.3 Å². The summed E-state index contributed by atoms with van der Waals surface area (Å²) in [6.45, 7) is 1.56. The first-order chi connectivity index (χ1) is 7.27. The molecular formula is C12H16FNO. The lowest BCUT2D eigenvalue weighted by atomic mass is 9.89. The predicted octanol–water partition coefficient (Wildman–Crippen LogP) is 2.25. The molecule has 0 amide bonds. The first-order valence-corrected chi connectivity index (χ1v) is 5.36. The fourth-order valence-corrected chi connectivity index (χ4v) is 2.01. The van der Waals surface area contributed by atoms with Crippen molar-refractivity contribution in [2.45, 2.75) is 18.9 Å². The first kappa shape index (κ1) is 10.6. The Balaban J connectivity index is 2.05. The van der Waals surface area contributed by atoms with E-state index in [0.29, 0.717) is 5.92 Å². The first-order valence-electron chi connectivity index (χ1n) is 5.36. The number of ether oxygens (including phenoxy) is 1. The van der Waals surface area contributed by atoms with Crippen LogP contribution in [0.1, 0.15) is 24.4 Å². The van der Waals surface area contributed by atoms with Crippen LogP contribution in [0, 0.1) is 11.7 Å². The highest BCUT2D eigenvalue weighted by molar-refractivity contribution is 5.20. The van der Waals surface area contributed by atoms with Gasteiger partial charge in [-0.05, 0) is 30.5 Å². The molecule has 1 fully saturated rings. The minimum atomic E-state index is -0.217. The molecule has 15 heavy (non-hydrogen) atoms. The van der Waals surface area contributed by atoms with E-state index in [0.717, 1.165) is 31.6 Å². The standard InChI is InChI=1S/C12H16FNO/c13-11-5-3-9(4-6-11)12(14)10-2-1-7-15-8-10/h3-6,10,12H,1-2,7-8,14H2. The molecule has 0 bridgehead atoms. The number of hydrogen-bond donors (Lipinski definition) is 1. The minimum Gasteiger partial charge on any atom is -0.381 e. The van der Waals surface area contributed by atoms with E-state index in [9.17, 15) is 4.39 Å². The Morgan fingerprint density at radius 2 is 2.07 bits per heavy atom. The zero-order chi connectivity index (χ0) is 10.7. The largest absolute Gasteiger partial charge is 0.381 e. The van der Waals surface area contributed by atoms with Crippen molar-refractivity contribution in [3.05, 3.63) is 35.6 Å². The maximum atomic E-state index is 12.7. The summed E-state index contributed by atoms with van der Waals surface area (Å²) >= 11 is 0. The molecule has 0 aromatic heterocycles. The Bertz CT molecular complexity index is 306. The molecular weight excluding hydrogens is 193 g/mol. The zero-order valence-corrected chi connectivity index (χ0v) is 8.66. The third kappa shape index (κ3) is 2.55. The number of hydrogen-bond acceptors (Lipinski definition) is 2. The molecule has 2 atom stereocenters. The average Bonchev–Trinajstić information content (AvgIpc) is 2.30. The van der Waals surface area contributed by atoms with Gasteiger partial charge in [-0.25, -0.2) is 4.39 Å². The Kier molecular flexibility index (Phi) is 3.34. The highest BCUT2D eigenvalue weighted by Gasteiger charge is 2.22. The Morgan fingerprint density at radius 1 is 1.33 bits per heavy atom. The van der Waals surface area contributed by atoms with E-state index in [-0.39, 0.29) is 11.9 Å². The molecule has 0 radical (unpaired) electrons. The predicted molar refractivity (Wildman–Crippen MR) is 56.9 cm³/mol. The van der Waals surface area contributed by atoms with Crippen LogP contribution < -0.4 is 5.73 Å². The molecule has 2 unspecified atom stereocenters. The van der Waals surface area contributed by atoms with Gasteiger partial charge in [0.05, 0.1) is 6.61 Å². The van der Waals surface area contributed by atoms with Gasteiger partial charge in [-0.3, -0.25) is 0 Å². The maximum Gasteiger partial charge on any atom is 0.123 e. The second-order valence-electron chi connectivity index (χ2n) is 4.05. The molecule has 82 valence electrons. The monoisotopic (exact) mass is 209 g/mol. The second-order valence-corrected chi connectivity index (χ2v) is 4.05. The lowest BCUT2D eigenvalue weighted by Gasteiger charge is -2.27. The van der Waals surface area contributed by atoms with Crippen molar-refractivity contribution in [3.63, 3.8) is 0 Å².